The van der Waals surface area contributed by atoms with E-state index >= 15 is 0 Å². The summed E-state index contributed by atoms with van der Waals surface area (Å²) in [4.78, 5) is 18.5. The summed E-state index contributed by atoms with van der Waals surface area (Å²) in [5, 5.41) is 13.9. The van der Waals surface area contributed by atoms with E-state index in [0.29, 0.717) is 22.5 Å². The standard InChI is InChI=1S/C12H9N3O3/c16-9(17)5-13-12-11-10(14-6-15-12)7-3-1-2-4-8(7)18-11/h1-4,6H,5H2,(H,16,17)(H,13,14,15)/p-1. The number of carboxylic acid groups (broad SMARTS) is 1. The van der Waals surface area contributed by atoms with Crippen molar-refractivity contribution in [2.24, 2.45) is 0 Å². The first-order valence-corrected chi connectivity index (χ1v) is 5.31. The van der Waals surface area contributed by atoms with Crippen LogP contribution < -0.4 is 10.4 Å². The largest absolute Gasteiger partial charge is 0.548 e. The number of hydrogen-bond donors (Lipinski definition) is 1. The average molecular weight is 242 g/mol. The Hall–Kier alpha value is -2.63. The van der Waals surface area contributed by atoms with E-state index in [9.17, 15) is 9.90 Å². The van der Waals surface area contributed by atoms with E-state index < -0.39 is 5.97 Å². The Labute approximate surface area is 101 Å². The van der Waals surface area contributed by atoms with Crippen LogP contribution in [0.3, 0.4) is 0 Å². The molecule has 0 aliphatic rings. The summed E-state index contributed by atoms with van der Waals surface area (Å²) in [7, 11) is 0. The number of carboxylic acids is 1. The van der Waals surface area contributed by atoms with Crippen molar-refractivity contribution in [3.05, 3.63) is 30.6 Å². The van der Waals surface area contributed by atoms with Crippen molar-refractivity contribution >= 4 is 33.9 Å². The molecule has 0 radical (unpaired) electrons. The molecule has 0 fully saturated rings. The fourth-order valence-corrected chi connectivity index (χ4v) is 1.81. The van der Waals surface area contributed by atoms with Gasteiger partial charge in [0.1, 0.15) is 17.4 Å². The Balaban J connectivity index is 2.18. The van der Waals surface area contributed by atoms with Crippen LogP contribution in [0.15, 0.2) is 35.0 Å². The number of aromatic nitrogens is 2. The fourth-order valence-electron chi connectivity index (χ4n) is 1.81. The Morgan fingerprint density at radius 1 is 1.33 bits per heavy atom. The van der Waals surface area contributed by atoms with E-state index in [0.717, 1.165) is 5.39 Å². The number of nitrogens with zero attached hydrogens (tertiary/aromatic N) is 2. The molecule has 1 N–H and O–H groups in total. The number of furan rings is 1. The molecule has 0 spiro atoms. The highest BCUT2D eigenvalue weighted by Gasteiger charge is 2.12. The zero-order valence-electron chi connectivity index (χ0n) is 9.21. The van der Waals surface area contributed by atoms with Gasteiger partial charge in [-0.1, -0.05) is 12.1 Å². The van der Waals surface area contributed by atoms with Gasteiger partial charge in [0, 0.05) is 5.39 Å². The van der Waals surface area contributed by atoms with Gasteiger partial charge in [0.25, 0.3) is 0 Å². The molecule has 3 rings (SSSR count). The van der Waals surface area contributed by atoms with Crippen LogP contribution in [0.2, 0.25) is 0 Å². The predicted octanol–water partition coefficient (Wildman–Crippen LogP) is 0.538. The van der Waals surface area contributed by atoms with Gasteiger partial charge in [0.2, 0.25) is 0 Å². The third kappa shape index (κ3) is 1.64. The molecule has 18 heavy (non-hydrogen) atoms. The summed E-state index contributed by atoms with van der Waals surface area (Å²) in [6.45, 7) is -0.330. The maximum absolute atomic E-state index is 10.4. The highest BCUT2D eigenvalue weighted by Crippen LogP contribution is 2.29. The van der Waals surface area contributed by atoms with E-state index in [1.165, 1.54) is 6.33 Å². The lowest BCUT2D eigenvalue weighted by atomic mass is 10.2. The van der Waals surface area contributed by atoms with Gasteiger partial charge in [0.05, 0.1) is 12.5 Å². The summed E-state index contributed by atoms with van der Waals surface area (Å²) in [6.07, 6.45) is 1.36. The number of hydrogen-bond acceptors (Lipinski definition) is 6. The molecule has 3 aromatic rings. The number of anilines is 1. The summed E-state index contributed by atoms with van der Waals surface area (Å²) >= 11 is 0. The van der Waals surface area contributed by atoms with E-state index in [4.69, 9.17) is 4.42 Å². The molecule has 6 nitrogen and oxygen atoms in total. The van der Waals surface area contributed by atoms with Gasteiger partial charge in [-0.25, -0.2) is 9.97 Å². The van der Waals surface area contributed by atoms with Crippen molar-refractivity contribution in [3.8, 4) is 0 Å². The summed E-state index contributed by atoms with van der Waals surface area (Å²) in [6, 6.07) is 7.44. The average Bonchev–Trinajstić information content (AvgIpc) is 2.75. The number of carbonyl (C=O) groups excluding carboxylic acids is 1. The molecule has 0 bridgehead atoms. The topological polar surface area (TPSA) is 91.1 Å². The second-order valence-corrected chi connectivity index (χ2v) is 3.72. The monoisotopic (exact) mass is 242 g/mol. The van der Waals surface area contributed by atoms with Crippen molar-refractivity contribution in [3.63, 3.8) is 0 Å². The number of carbonyl (C=O) groups is 1. The number of benzene rings is 1. The van der Waals surface area contributed by atoms with Crippen LogP contribution in [-0.4, -0.2) is 22.5 Å². The SMILES string of the molecule is O=C([O-])CNc1ncnc2c1oc1ccccc12. The fraction of sp³-hybridized carbons (Fsp3) is 0.0833. The second-order valence-electron chi connectivity index (χ2n) is 3.72. The van der Waals surface area contributed by atoms with Gasteiger partial charge in [-0.15, -0.1) is 0 Å². The number of nitrogens with one attached hydrogen (secondary N) is 1. The van der Waals surface area contributed by atoms with Crippen LogP contribution >= 0.6 is 0 Å². The zero-order valence-corrected chi connectivity index (χ0v) is 9.21. The minimum Gasteiger partial charge on any atom is -0.548 e. The molecule has 6 heteroatoms. The zero-order chi connectivity index (χ0) is 12.5. The first kappa shape index (κ1) is 10.5. The Kier molecular flexibility index (Phi) is 2.33. The molecule has 0 atom stereocenters. The van der Waals surface area contributed by atoms with Gasteiger partial charge in [-0.3, -0.25) is 0 Å². The van der Waals surface area contributed by atoms with Crippen molar-refractivity contribution < 1.29 is 14.3 Å². The highest BCUT2D eigenvalue weighted by atomic mass is 16.4. The lowest BCUT2D eigenvalue weighted by Crippen LogP contribution is -2.30. The molecule has 2 aromatic heterocycles. The molecule has 0 aliphatic carbocycles. The van der Waals surface area contributed by atoms with Gasteiger partial charge in [-0.2, -0.15) is 0 Å². The number of rotatable bonds is 3. The number of aliphatic carboxylic acids is 1. The summed E-state index contributed by atoms with van der Waals surface area (Å²) in [5.41, 5.74) is 1.78. The van der Waals surface area contributed by atoms with E-state index in [2.05, 4.69) is 15.3 Å². The highest BCUT2D eigenvalue weighted by molar-refractivity contribution is 6.05. The lowest BCUT2D eigenvalue weighted by molar-refractivity contribution is -0.302. The van der Waals surface area contributed by atoms with Gasteiger partial charge >= 0.3 is 0 Å². The predicted molar refractivity (Wildman–Crippen MR) is 62.8 cm³/mol. The van der Waals surface area contributed by atoms with E-state index in [1.54, 1.807) is 0 Å². The van der Waals surface area contributed by atoms with E-state index in [-0.39, 0.29) is 6.54 Å². The Morgan fingerprint density at radius 2 is 2.17 bits per heavy atom. The Morgan fingerprint density at radius 3 is 3.00 bits per heavy atom. The molecule has 90 valence electrons. The molecule has 1 aromatic carbocycles. The molecule has 0 aliphatic heterocycles. The van der Waals surface area contributed by atoms with Crippen molar-refractivity contribution in [2.45, 2.75) is 0 Å². The maximum atomic E-state index is 10.4. The molecule has 0 saturated heterocycles. The first-order valence-electron chi connectivity index (χ1n) is 5.31. The maximum Gasteiger partial charge on any atom is 0.196 e. The van der Waals surface area contributed by atoms with Crippen LogP contribution in [0, 0.1) is 0 Å². The van der Waals surface area contributed by atoms with Crippen LogP contribution in [0.1, 0.15) is 0 Å². The van der Waals surface area contributed by atoms with Gasteiger partial charge < -0.3 is 19.6 Å². The van der Waals surface area contributed by atoms with Gasteiger partial charge in [-0.05, 0) is 12.1 Å². The molecule has 0 unspecified atom stereocenters. The van der Waals surface area contributed by atoms with Crippen molar-refractivity contribution in [1.29, 1.82) is 0 Å². The summed E-state index contributed by atoms with van der Waals surface area (Å²) in [5.74, 6) is -0.863. The Bertz CT molecular complexity index is 736. The smallest absolute Gasteiger partial charge is 0.196 e. The minimum atomic E-state index is -1.21. The lowest BCUT2D eigenvalue weighted by Gasteiger charge is -2.05. The minimum absolute atomic E-state index is 0.330. The van der Waals surface area contributed by atoms with Crippen LogP contribution in [0.4, 0.5) is 5.82 Å². The first-order chi connectivity index (χ1) is 8.75. The third-order valence-corrected chi connectivity index (χ3v) is 2.56. The molecule has 0 amide bonds. The van der Waals surface area contributed by atoms with Crippen LogP contribution in [-0.2, 0) is 4.79 Å². The normalized spacial score (nSPS) is 10.9. The molecule has 0 saturated carbocycles. The van der Waals surface area contributed by atoms with E-state index in [1.807, 2.05) is 24.3 Å². The molecular formula is C12H8N3O3-. The second kappa shape index (κ2) is 3.99. The number of para-hydroxylation sites is 1. The molecule has 2 heterocycles. The summed E-state index contributed by atoms with van der Waals surface area (Å²) < 4.78 is 5.62. The van der Waals surface area contributed by atoms with Crippen LogP contribution in [0.25, 0.3) is 22.1 Å². The van der Waals surface area contributed by atoms with Crippen LogP contribution in [0.5, 0.6) is 0 Å². The number of fused-ring (bicyclic) bond motifs is 3. The van der Waals surface area contributed by atoms with Crippen molar-refractivity contribution in [1.82, 2.24) is 9.97 Å². The quantitative estimate of drug-likeness (QED) is 0.720. The third-order valence-electron chi connectivity index (χ3n) is 2.56. The molecular weight excluding hydrogens is 234 g/mol. The van der Waals surface area contributed by atoms with Gasteiger partial charge in [0.15, 0.2) is 11.4 Å². The van der Waals surface area contributed by atoms with Crippen molar-refractivity contribution in [2.75, 3.05) is 11.9 Å².